The summed E-state index contributed by atoms with van der Waals surface area (Å²) in [6.07, 6.45) is 1.45. The molecule has 0 aliphatic carbocycles. The van der Waals surface area contributed by atoms with Gasteiger partial charge in [0.2, 0.25) is 5.75 Å². The van der Waals surface area contributed by atoms with Crippen molar-refractivity contribution in [3.8, 4) is 17.2 Å². The van der Waals surface area contributed by atoms with Crippen LogP contribution < -0.4 is 30.8 Å². The Kier molecular flexibility index (Phi) is 6.79. The molecule has 0 unspecified atom stereocenters. The fourth-order valence-corrected chi connectivity index (χ4v) is 2.37. The molecule has 2 aromatic rings. The average molecular weight is 371 g/mol. The molecule has 0 aromatic heterocycles. The van der Waals surface area contributed by atoms with Gasteiger partial charge in [-0.25, -0.2) is 5.84 Å². The van der Waals surface area contributed by atoms with Crippen molar-refractivity contribution >= 4 is 17.9 Å². The van der Waals surface area contributed by atoms with E-state index in [4.69, 9.17) is 20.1 Å². The van der Waals surface area contributed by atoms with Crippen LogP contribution in [0.5, 0.6) is 17.2 Å². The maximum absolute atomic E-state index is 12.4. The van der Waals surface area contributed by atoms with Crippen LogP contribution in [-0.4, -0.2) is 33.1 Å². The van der Waals surface area contributed by atoms with E-state index in [9.17, 15) is 9.59 Å². The fourth-order valence-electron chi connectivity index (χ4n) is 2.37. The number of hydrogen-bond donors (Lipinski definition) is 3. The summed E-state index contributed by atoms with van der Waals surface area (Å²) in [6.45, 7) is 0. The molecule has 8 heteroatoms. The second-order valence-corrected chi connectivity index (χ2v) is 5.31. The predicted molar refractivity (Wildman–Crippen MR) is 100 cm³/mol. The third-order valence-electron chi connectivity index (χ3n) is 3.66. The van der Waals surface area contributed by atoms with E-state index in [1.54, 1.807) is 42.5 Å². The van der Waals surface area contributed by atoms with E-state index in [0.717, 1.165) is 0 Å². The summed E-state index contributed by atoms with van der Waals surface area (Å²) in [4.78, 5) is 24.5. The van der Waals surface area contributed by atoms with E-state index in [2.05, 4.69) is 5.32 Å². The molecule has 0 atom stereocenters. The number of methoxy groups -OCH3 is 3. The van der Waals surface area contributed by atoms with Crippen LogP contribution in [0.25, 0.3) is 6.08 Å². The number of nitrogens with two attached hydrogens (primary N) is 1. The fraction of sp³-hybridized carbons (Fsp3) is 0.158. The molecule has 0 aliphatic rings. The zero-order valence-electron chi connectivity index (χ0n) is 15.2. The third-order valence-corrected chi connectivity index (χ3v) is 3.66. The molecule has 0 heterocycles. The topological polar surface area (TPSA) is 112 Å². The van der Waals surface area contributed by atoms with E-state index in [-0.39, 0.29) is 5.70 Å². The molecule has 0 radical (unpaired) electrons. The standard InChI is InChI=1S/C19H21N3O5/c1-25-15-10-12(11-16(26-2)17(15)27-3)9-14(19(24)22-20)21-18(23)13-7-5-4-6-8-13/h4-11H,20H2,1-3H3,(H,21,23)(H,22,24)/b14-9+. The van der Waals surface area contributed by atoms with Gasteiger partial charge in [0, 0.05) is 5.56 Å². The second-order valence-electron chi connectivity index (χ2n) is 5.31. The Labute approximate surface area is 156 Å². The highest BCUT2D eigenvalue weighted by atomic mass is 16.5. The summed E-state index contributed by atoms with van der Waals surface area (Å²) in [6, 6.07) is 11.8. The summed E-state index contributed by atoms with van der Waals surface area (Å²) >= 11 is 0. The highest BCUT2D eigenvalue weighted by molar-refractivity contribution is 6.05. The summed E-state index contributed by atoms with van der Waals surface area (Å²) in [5.74, 6) is 5.36. The van der Waals surface area contributed by atoms with E-state index in [0.29, 0.717) is 28.4 Å². The van der Waals surface area contributed by atoms with Crippen molar-refractivity contribution in [2.75, 3.05) is 21.3 Å². The molecule has 4 N–H and O–H groups in total. The van der Waals surface area contributed by atoms with Crippen molar-refractivity contribution < 1.29 is 23.8 Å². The van der Waals surface area contributed by atoms with Crippen LogP contribution in [0.4, 0.5) is 0 Å². The van der Waals surface area contributed by atoms with Gasteiger partial charge in [-0.1, -0.05) is 18.2 Å². The lowest BCUT2D eigenvalue weighted by atomic mass is 10.1. The Morgan fingerprint density at radius 2 is 1.56 bits per heavy atom. The second kappa shape index (κ2) is 9.25. The first-order valence-corrected chi connectivity index (χ1v) is 7.93. The lowest BCUT2D eigenvalue weighted by Gasteiger charge is -2.14. The van der Waals surface area contributed by atoms with Gasteiger partial charge in [-0.3, -0.25) is 15.0 Å². The number of carbonyl (C=O) groups excluding carboxylic acids is 2. The number of rotatable bonds is 7. The number of carbonyl (C=O) groups is 2. The van der Waals surface area contributed by atoms with Crippen molar-refractivity contribution in [3.05, 3.63) is 59.3 Å². The predicted octanol–water partition coefficient (Wildman–Crippen LogP) is 1.47. The van der Waals surface area contributed by atoms with Gasteiger partial charge in [0.15, 0.2) is 11.5 Å². The first kappa shape index (κ1) is 19.8. The largest absolute Gasteiger partial charge is 0.493 e. The number of nitrogens with one attached hydrogen (secondary N) is 2. The van der Waals surface area contributed by atoms with Gasteiger partial charge in [0.05, 0.1) is 21.3 Å². The monoisotopic (exact) mass is 371 g/mol. The molecule has 0 spiro atoms. The number of hydrogen-bond acceptors (Lipinski definition) is 6. The smallest absolute Gasteiger partial charge is 0.281 e. The lowest BCUT2D eigenvalue weighted by molar-refractivity contribution is -0.117. The van der Waals surface area contributed by atoms with Crippen molar-refractivity contribution in [1.29, 1.82) is 0 Å². The van der Waals surface area contributed by atoms with Crippen LogP contribution >= 0.6 is 0 Å². The Bertz CT molecular complexity index is 825. The molecule has 0 saturated carbocycles. The minimum atomic E-state index is -0.659. The van der Waals surface area contributed by atoms with E-state index in [1.807, 2.05) is 5.43 Å². The van der Waals surface area contributed by atoms with Gasteiger partial charge in [-0.05, 0) is 35.9 Å². The molecule has 8 nitrogen and oxygen atoms in total. The van der Waals surface area contributed by atoms with Gasteiger partial charge in [0.25, 0.3) is 11.8 Å². The molecule has 27 heavy (non-hydrogen) atoms. The van der Waals surface area contributed by atoms with Crippen LogP contribution in [0, 0.1) is 0 Å². The zero-order valence-corrected chi connectivity index (χ0v) is 15.2. The van der Waals surface area contributed by atoms with Gasteiger partial charge in [0.1, 0.15) is 5.70 Å². The molecular formula is C19H21N3O5. The maximum atomic E-state index is 12.4. The number of ether oxygens (including phenoxy) is 3. The van der Waals surface area contributed by atoms with Gasteiger partial charge < -0.3 is 19.5 Å². The van der Waals surface area contributed by atoms with Crippen molar-refractivity contribution in [1.82, 2.24) is 10.7 Å². The van der Waals surface area contributed by atoms with E-state index in [1.165, 1.54) is 27.4 Å². The first-order chi connectivity index (χ1) is 13.0. The van der Waals surface area contributed by atoms with E-state index >= 15 is 0 Å². The average Bonchev–Trinajstić information content (AvgIpc) is 2.72. The quantitative estimate of drug-likeness (QED) is 0.294. The lowest BCUT2D eigenvalue weighted by Crippen LogP contribution is -2.38. The number of amides is 2. The molecule has 2 amide bonds. The number of hydrazine groups is 1. The maximum Gasteiger partial charge on any atom is 0.281 e. The van der Waals surface area contributed by atoms with Crippen molar-refractivity contribution in [2.24, 2.45) is 5.84 Å². The molecule has 142 valence electrons. The summed E-state index contributed by atoms with van der Waals surface area (Å²) in [5.41, 5.74) is 2.91. The van der Waals surface area contributed by atoms with E-state index < -0.39 is 11.8 Å². The Morgan fingerprint density at radius 3 is 2.04 bits per heavy atom. The summed E-state index contributed by atoms with van der Waals surface area (Å²) < 4.78 is 15.9. The molecular weight excluding hydrogens is 350 g/mol. The molecule has 2 aromatic carbocycles. The van der Waals surface area contributed by atoms with Crippen molar-refractivity contribution in [3.63, 3.8) is 0 Å². The highest BCUT2D eigenvalue weighted by Crippen LogP contribution is 2.38. The molecule has 0 bridgehead atoms. The Hall–Kier alpha value is -3.52. The normalized spacial score (nSPS) is 10.7. The first-order valence-electron chi connectivity index (χ1n) is 7.93. The molecule has 2 rings (SSSR count). The molecule has 0 saturated heterocycles. The van der Waals surface area contributed by atoms with Crippen LogP contribution in [0.15, 0.2) is 48.2 Å². The van der Waals surface area contributed by atoms with Crippen LogP contribution in [0.1, 0.15) is 15.9 Å². The summed E-state index contributed by atoms with van der Waals surface area (Å²) in [7, 11) is 4.45. The SMILES string of the molecule is COc1cc(/C=C(/NC(=O)c2ccccc2)C(=O)NN)cc(OC)c1OC. The minimum absolute atomic E-state index is 0.0411. The Balaban J connectivity index is 2.43. The highest BCUT2D eigenvalue weighted by Gasteiger charge is 2.16. The molecule has 0 fully saturated rings. The van der Waals surface area contributed by atoms with Gasteiger partial charge >= 0.3 is 0 Å². The van der Waals surface area contributed by atoms with Gasteiger partial charge in [-0.15, -0.1) is 0 Å². The zero-order chi connectivity index (χ0) is 19.8. The van der Waals surface area contributed by atoms with Gasteiger partial charge in [-0.2, -0.15) is 0 Å². The van der Waals surface area contributed by atoms with Crippen LogP contribution in [0.3, 0.4) is 0 Å². The third kappa shape index (κ3) is 4.77. The number of benzene rings is 2. The van der Waals surface area contributed by atoms with Crippen molar-refractivity contribution in [2.45, 2.75) is 0 Å². The summed E-state index contributed by atoms with van der Waals surface area (Å²) in [5, 5.41) is 2.55. The van der Waals surface area contributed by atoms with Crippen LogP contribution in [0.2, 0.25) is 0 Å². The molecule has 0 aliphatic heterocycles. The Morgan fingerprint density at radius 1 is 0.963 bits per heavy atom. The minimum Gasteiger partial charge on any atom is -0.493 e. The van der Waals surface area contributed by atoms with Crippen LogP contribution in [-0.2, 0) is 4.79 Å².